The summed E-state index contributed by atoms with van der Waals surface area (Å²) in [5, 5.41) is 9.26. The quantitative estimate of drug-likeness (QED) is 0.748. The van der Waals surface area contributed by atoms with Gasteiger partial charge in [0, 0.05) is 11.6 Å². The second-order valence-electron chi connectivity index (χ2n) is 6.09. The Bertz CT molecular complexity index is 1020. The number of fused-ring (bicyclic) bond motifs is 1. The van der Waals surface area contributed by atoms with E-state index in [0.717, 1.165) is 0 Å². The highest BCUT2D eigenvalue weighted by molar-refractivity contribution is 5.95. The van der Waals surface area contributed by atoms with E-state index in [1.54, 1.807) is 6.07 Å². The molecule has 0 aliphatic heterocycles. The predicted octanol–water partition coefficient (Wildman–Crippen LogP) is 4.41. The van der Waals surface area contributed by atoms with E-state index >= 15 is 0 Å². The number of hydrogen-bond donors (Lipinski definition) is 1. The molecule has 1 N–H and O–H groups in total. The van der Waals surface area contributed by atoms with E-state index in [2.05, 4.69) is 9.97 Å². The lowest BCUT2D eigenvalue weighted by molar-refractivity contribution is 0.0695. The molecular weight excluding hydrogens is 342 g/mol. The molecule has 0 spiro atoms. The van der Waals surface area contributed by atoms with E-state index in [1.165, 1.54) is 31.6 Å². The Morgan fingerprint density at radius 2 is 1.88 bits per heavy atom. The van der Waals surface area contributed by atoms with Crippen molar-refractivity contribution in [3.63, 3.8) is 0 Å². The van der Waals surface area contributed by atoms with Gasteiger partial charge in [0.15, 0.2) is 11.6 Å². The number of carbonyl (C=O) groups is 1. The van der Waals surface area contributed by atoms with Crippen LogP contribution in [0.25, 0.3) is 22.2 Å². The molecule has 3 rings (SSSR count). The Morgan fingerprint density at radius 1 is 1.15 bits per heavy atom. The molecule has 0 bridgehead atoms. The first-order valence-corrected chi connectivity index (χ1v) is 7.89. The molecule has 0 amide bonds. The SMILES string of the molecule is COc1cc2ncnc(-c3ccc(C(=O)O)c(C(C)C)c3)c2c(F)c1F. The molecule has 0 aliphatic rings. The minimum Gasteiger partial charge on any atom is -0.493 e. The third kappa shape index (κ3) is 2.85. The molecule has 0 saturated carbocycles. The number of nitrogens with zero attached hydrogens (tertiary/aromatic N) is 2. The number of hydrogen-bond acceptors (Lipinski definition) is 4. The van der Waals surface area contributed by atoms with Gasteiger partial charge in [-0.05, 0) is 23.6 Å². The van der Waals surface area contributed by atoms with Crippen molar-refractivity contribution in [3.8, 4) is 17.0 Å². The number of benzene rings is 2. The Balaban J connectivity index is 2.31. The molecule has 0 aliphatic carbocycles. The topological polar surface area (TPSA) is 72.3 Å². The van der Waals surface area contributed by atoms with Crippen LogP contribution in [0.4, 0.5) is 8.78 Å². The van der Waals surface area contributed by atoms with Gasteiger partial charge in [0.05, 0.1) is 29.3 Å². The fraction of sp³-hybridized carbons (Fsp3) is 0.211. The summed E-state index contributed by atoms with van der Waals surface area (Å²) in [4.78, 5) is 19.5. The number of carboxylic acid groups (broad SMARTS) is 1. The van der Waals surface area contributed by atoms with E-state index in [1.807, 2.05) is 13.8 Å². The van der Waals surface area contributed by atoms with Crippen LogP contribution in [0.5, 0.6) is 5.75 Å². The molecule has 0 unspecified atom stereocenters. The highest BCUT2D eigenvalue weighted by Gasteiger charge is 2.21. The molecule has 7 heteroatoms. The Hall–Kier alpha value is -3.09. The van der Waals surface area contributed by atoms with Crippen LogP contribution < -0.4 is 4.74 Å². The van der Waals surface area contributed by atoms with Gasteiger partial charge in [-0.15, -0.1) is 0 Å². The van der Waals surface area contributed by atoms with E-state index in [9.17, 15) is 18.7 Å². The number of aromatic nitrogens is 2. The van der Waals surface area contributed by atoms with Crippen LogP contribution >= 0.6 is 0 Å². The van der Waals surface area contributed by atoms with Crippen molar-refractivity contribution in [3.05, 3.63) is 53.4 Å². The maximum absolute atomic E-state index is 14.6. The first-order chi connectivity index (χ1) is 12.3. The molecule has 134 valence electrons. The number of ether oxygens (including phenoxy) is 1. The molecule has 0 saturated heterocycles. The lowest BCUT2D eigenvalue weighted by Gasteiger charge is -2.14. The predicted molar refractivity (Wildman–Crippen MR) is 92.5 cm³/mol. The van der Waals surface area contributed by atoms with Crippen molar-refractivity contribution < 1.29 is 23.4 Å². The lowest BCUT2D eigenvalue weighted by atomic mass is 9.93. The van der Waals surface area contributed by atoms with Crippen LogP contribution in [-0.2, 0) is 0 Å². The Labute approximate surface area is 148 Å². The molecule has 1 heterocycles. The maximum atomic E-state index is 14.6. The van der Waals surface area contributed by atoms with Gasteiger partial charge in [-0.1, -0.05) is 19.9 Å². The summed E-state index contributed by atoms with van der Waals surface area (Å²) in [5.74, 6) is -3.60. The van der Waals surface area contributed by atoms with E-state index in [4.69, 9.17) is 4.74 Å². The molecule has 2 aromatic carbocycles. The van der Waals surface area contributed by atoms with Gasteiger partial charge in [0.25, 0.3) is 0 Å². The summed E-state index contributed by atoms with van der Waals surface area (Å²) in [5.41, 5.74) is 1.60. The first-order valence-electron chi connectivity index (χ1n) is 7.89. The van der Waals surface area contributed by atoms with Gasteiger partial charge < -0.3 is 9.84 Å². The van der Waals surface area contributed by atoms with Crippen LogP contribution in [0, 0.1) is 11.6 Å². The van der Waals surface area contributed by atoms with Gasteiger partial charge in [0.1, 0.15) is 6.33 Å². The van der Waals surface area contributed by atoms with Crippen molar-refractivity contribution in [1.29, 1.82) is 0 Å². The lowest BCUT2D eigenvalue weighted by Crippen LogP contribution is -2.05. The molecule has 5 nitrogen and oxygen atoms in total. The molecule has 0 radical (unpaired) electrons. The van der Waals surface area contributed by atoms with Crippen LogP contribution in [0.1, 0.15) is 35.7 Å². The zero-order valence-corrected chi connectivity index (χ0v) is 14.4. The van der Waals surface area contributed by atoms with Crippen LogP contribution in [0.15, 0.2) is 30.6 Å². The van der Waals surface area contributed by atoms with Crippen LogP contribution in [0.2, 0.25) is 0 Å². The normalized spacial score (nSPS) is 11.2. The third-order valence-corrected chi connectivity index (χ3v) is 4.17. The minimum absolute atomic E-state index is 0.0733. The fourth-order valence-electron chi connectivity index (χ4n) is 2.88. The van der Waals surface area contributed by atoms with Gasteiger partial charge in [0.2, 0.25) is 5.82 Å². The second-order valence-corrected chi connectivity index (χ2v) is 6.09. The van der Waals surface area contributed by atoms with Crippen LogP contribution in [0.3, 0.4) is 0 Å². The maximum Gasteiger partial charge on any atom is 0.335 e. The monoisotopic (exact) mass is 358 g/mol. The summed E-state index contributed by atoms with van der Waals surface area (Å²) in [6.45, 7) is 3.71. The summed E-state index contributed by atoms with van der Waals surface area (Å²) in [6.07, 6.45) is 1.24. The minimum atomic E-state index is -1.12. The molecule has 26 heavy (non-hydrogen) atoms. The number of carboxylic acids is 1. The third-order valence-electron chi connectivity index (χ3n) is 4.17. The smallest absolute Gasteiger partial charge is 0.335 e. The van der Waals surface area contributed by atoms with Crippen molar-refractivity contribution >= 4 is 16.9 Å². The molecular formula is C19H16F2N2O3. The van der Waals surface area contributed by atoms with Gasteiger partial charge in [-0.3, -0.25) is 0 Å². The van der Waals surface area contributed by atoms with E-state index in [0.29, 0.717) is 11.1 Å². The van der Waals surface area contributed by atoms with E-state index in [-0.39, 0.29) is 33.8 Å². The van der Waals surface area contributed by atoms with Crippen molar-refractivity contribution in [2.24, 2.45) is 0 Å². The Morgan fingerprint density at radius 3 is 2.50 bits per heavy atom. The zero-order chi connectivity index (χ0) is 19.0. The zero-order valence-electron chi connectivity index (χ0n) is 14.4. The molecule has 0 atom stereocenters. The number of aromatic carboxylic acids is 1. The van der Waals surface area contributed by atoms with Crippen molar-refractivity contribution in [2.75, 3.05) is 7.11 Å². The summed E-state index contributed by atoms with van der Waals surface area (Å²) in [7, 11) is 1.24. The van der Waals surface area contributed by atoms with Crippen molar-refractivity contribution in [2.45, 2.75) is 19.8 Å². The number of rotatable bonds is 4. The molecule has 1 aromatic heterocycles. The van der Waals surface area contributed by atoms with E-state index < -0.39 is 17.6 Å². The largest absolute Gasteiger partial charge is 0.493 e. The average molecular weight is 358 g/mol. The van der Waals surface area contributed by atoms with Gasteiger partial charge in [-0.25, -0.2) is 19.2 Å². The highest BCUT2D eigenvalue weighted by atomic mass is 19.2. The number of methoxy groups -OCH3 is 1. The summed E-state index contributed by atoms with van der Waals surface area (Å²) < 4.78 is 33.6. The van der Waals surface area contributed by atoms with Crippen LogP contribution in [-0.4, -0.2) is 28.2 Å². The number of halogens is 2. The molecule has 0 fully saturated rings. The molecule has 3 aromatic rings. The first kappa shape index (κ1) is 17.7. The highest BCUT2D eigenvalue weighted by Crippen LogP contribution is 2.34. The standard InChI is InChI=1S/C19H16F2N2O3/c1-9(2)12-6-10(4-5-11(12)19(24)25)18-15-13(22-8-23-18)7-14(26-3)16(20)17(15)21/h4-9H,1-3H3,(H,24,25). The fourth-order valence-corrected chi connectivity index (χ4v) is 2.88. The van der Waals surface area contributed by atoms with Crippen molar-refractivity contribution in [1.82, 2.24) is 9.97 Å². The Kier molecular flexibility index (Phi) is 4.54. The summed E-state index contributed by atoms with van der Waals surface area (Å²) in [6, 6.07) is 5.91. The second kappa shape index (κ2) is 6.67. The van der Waals surface area contributed by atoms with Gasteiger partial charge >= 0.3 is 5.97 Å². The summed E-state index contributed by atoms with van der Waals surface area (Å²) >= 11 is 0. The average Bonchev–Trinajstić information content (AvgIpc) is 2.63. The van der Waals surface area contributed by atoms with Gasteiger partial charge in [-0.2, -0.15) is 4.39 Å².